The molecule has 1 aromatic heterocycles. The molecular weight excluding hydrogens is 462 g/mol. The van der Waals surface area contributed by atoms with Crippen molar-refractivity contribution >= 4 is 11.5 Å². The number of allylic oxidation sites excluding steroid dienone is 3. The number of carbonyl (C=O) groups excluding carboxylic acids is 1. The second kappa shape index (κ2) is 9.99. The highest BCUT2D eigenvalue weighted by atomic mass is 16.6. The number of fused-ring (bicyclic) bond motifs is 2. The van der Waals surface area contributed by atoms with Gasteiger partial charge in [0.15, 0.2) is 0 Å². The van der Waals surface area contributed by atoms with E-state index in [0.29, 0.717) is 30.2 Å². The lowest BCUT2D eigenvalue weighted by molar-refractivity contribution is -0.141. The van der Waals surface area contributed by atoms with Crippen molar-refractivity contribution in [1.29, 1.82) is 0 Å². The monoisotopic (exact) mass is 495 g/mol. The first-order chi connectivity index (χ1) is 17.4. The van der Waals surface area contributed by atoms with Crippen molar-refractivity contribution in [1.82, 2.24) is 14.9 Å². The molecule has 0 amide bonds. The van der Waals surface area contributed by atoms with E-state index < -0.39 is 17.7 Å². The Labute approximate surface area is 210 Å². The lowest BCUT2D eigenvalue weighted by Crippen LogP contribution is -2.51. The molecule has 2 unspecified atom stereocenters. The summed E-state index contributed by atoms with van der Waals surface area (Å²) in [4.78, 5) is 16.7. The van der Waals surface area contributed by atoms with Gasteiger partial charge in [-0.05, 0) is 57.3 Å². The van der Waals surface area contributed by atoms with Crippen molar-refractivity contribution in [3.8, 4) is 17.2 Å². The van der Waals surface area contributed by atoms with Gasteiger partial charge in [0.25, 0.3) is 0 Å². The van der Waals surface area contributed by atoms with Gasteiger partial charge in [0.2, 0.25) is 5.76 Å². The Kier molecular flexibility index (Phi) is 6.77. The summed E-state index contributed by atoms with van der Waals surface area (Å²) >= 11 is 0. The second-order valence-electron chi connectivity index (χ2n) is 9.57. The Morgan fingerprint density at radius 1 is 1.36 bits per heavy atom. The van der Waals surface area contributed by atoms with Gasteiger partial charge in [-0.15, -0.1) is 0 Å². The van der Waals surface area contributed by atoms with Gasteiger partial charge in [-0.1, -0.05) is 6.08 Å². The number of rotatable bonds is 7. The van der Waals surface area contributed by atoms with Crippen molar-refractivity contribution in [3.63, 3.8) is 0 Å². The molecule has 4 heterocycles. The molecule has 0 spiro atoms. The fourth-order valence-corrected chi connectivity index (χ4v) is 5.33. The number of piperidine rings is 1. The van der Waals surface area contributed by atoms with Crippen molar-refractivity contribution in [2.24, 2.45) is 5.92 Å². The number of ether oxygens (including phenoxy) is 4. The maximum absolute atomic E-state index is 12.6. The summed E-state index contributed by atoms with van der Waals surface area (Å²) in [5, 5.41) is 14.9. The third kappa shape index (κ3) is 4.49. The number of hydrogen-bond acceptors (Lipinski definition) is 8. The molecule has 9 heteroatoms. The highest BCUT2D eigenvalue weighted by Crippen LogP contribution is 2.51. The Bertz CT molecular complexity index is 1180. The zero-order valence-corrected chi connectivity index (χ0v) is 21.0. The van der Waals surface area contributed by atoms with Gasteiger partial charge < -0.3 is 33.9 Å². The van der Waals surface area contributed by atoms with E-state index in [1.54, 1.807) is 38.7 Å². The molecule has 0 radical (unpaired) electrons. The summed E-state index contributed by atoms with van der Waals surface area (Å²) in [6, 6.07) is 1.79. The molecule has 2 aromatic rings. The first-order valence-electron chi connectivity index (χ1n) is 12.5. The van der Waals surface area contributed by atoms with Crippen LogP contribution in [0.2, 0.25) is 0 Å². The fourth-order valence-electron chi connectivity index (χ4n) is 5.33. The third-order valence-electron chi connectivity index (χ3n) is 7.34. The number of benzene rings is 1. The summed E-state index contributed by atoms with van der Waals surface area (Å²) in [6.07, 6.45) is 10.9. The Hall–Kier alpha value is -3.30. The summed E-state index contributed by atoms with van der Waals surface area (Å²) in [7, 11) is 1.62. The van der Waals surface area contributed by atoms with E-state index >= 15 is 0 Å². The van der Waals surface area contributed by atoms with Crippen LogP contribution < -0.4 is 19.5 Å². The summed E-state index contributed by atoms with van der Waals surface area (Å²) < 4.78 is 25.4. The molecule has 0 bridgehead atoms. The number of carbonyl (C=O) groups is 1. The number of esters is 1. The highest BCUT2D eigenvalue weighted by molar-refractivity contribution is 5.95. The fraction of sp³-hybridized carbons (Fsp3) is 0.481. The van der Waals surface area contributed by atoms with Crippen LogP contribution in [0.3, 0.4) is 0 Å². The van der Waals surface area contributed by atoms with Gasteiger partial charge in [0.05, 0.1) is 25.6 Å². The standard InChI is InChI=1S/C27H33N3O6/c1-4-34-26(31)22-13-17(7-11-30-12-10-29-16-30)24-21(35-22)15-20-19(25(24)33-3)14-23(36-20)27(2,32)18-5-8-28-9-6-18/h7,10,12-13,15-16,18,23,28,32H,4-6,8-9,11,14H2,1-3H3. The molecule has 1 fully saturated rings. The molecule has 1 saturated heterocycles. The Morgan fingerprint density at radius 2 is 2.17 bits per heavy atom. The topological polar surface area (TPSA) is 104 Å². The van der Waals surface area contributed by atoms with E-state index in [-0.39, 0.29) is 18.3 Å². The van der Waals surface area contributed by atoms with Gasteiger partial charge in [-0.3, -0.25) is 0 Å². The first kappa shape index (κ1) is 24.4. The Morgan fingerprint density at radius 3 is 2.86 bits per heavy atom. The molecule has 3 aliphatic rings. The lowest BCUT2D eigenvalue weighted by Gasteiger charge is -2.39. The Balaban J connectivity index is 1.52. The molecular formula is C27H33N3O6. The van der Waals surface area contributed by atoms with E-state index in [4.69, 9.17) is 18.9 Å². The predicted octanol–water partition coefficient (Wildman–Crippen LogP) is 2.87. The number of hydrogen-bond donors (Lipinski definition) is 2. The van der Waals surface area contributed by atoms with Crippen LogP contribution in [0.25, 0.3) is 5.57 Å². The van der Waals surface area contributed by atoms with E-state index in [0.717, 1.165) is 42.6 Å². The third-order valence-corrected chi connectivity index (χ3v) is 7.34. The second-order valence-corrected chi connectivity index (χ2v) is 9.57. The zero-order chi connectivity index (χ0) is 25.3. The quantitative estimate of drug-likeness (QED) is 0.565. The summed E-state index contributed by atoms with van der Waals surface area (Å²) in [5.74, 6) is 1.38. The molecule has 3 aliphatic heterocycles. The minimum atomic E-state index is -0.998. The average molecular weight is 496 g/mol. The largest absolute Gasteiger partial charge is 0.496 e. The van der Waals surface area contributed by atoms with E-state index in [1.165, 1.54) is 0 Å². The molecule has 2 N–H and O–H groups in total. The van der Waals surface area contributed by atoms with Crippen LogP contribution in [0.1, 0.15) is 37.8 Å². The van der Waals surface area contributed by atoms with Gasteiger partial charge in [-0.2, -0.15) is 0 Å². The van der Waals surface area contributed by atoms with Crippen molar-refractivity contribution in [3.05, 3.63) is 53.8 Å². The first-order valence-corrected chi connectivity index (χ1v) is 12.5. The average Bonchev–Trinajstić information content (AvgIpc) is 3.56. The highest BCUT2D eigenvalue weighted by Gasteiger charge is 2.46. The van der Waals surface area contributed by atoms with Crippen LogP contribution in [-0.4, -0.2) is 59.1 Å². The van der Waals surface area contributed by atoms with Crippen LogP contribution >= 0.6 is 0 Å². The smallest absolute Gasteiger partial charge is 0.374 e. The number of nitrogens with zero attached hydrogens (tertiary/aromatic N) is 2. The van der Waals surface area contributed by atoms with Gasteiger partial charge in [-0.25, -0.2) is 9.78 Å². The van der Waals surface area contributed by atoms with E-state index in [2.05, 4.69) is 10.3 Å². The van der Waals surface area contributed by atoms with E-state index in [9.17, 15) is 9.90 Å². The van der Waals surface area contributed by atoms with Gasteiger partial charge in [0, 0.05) is 37.0 Å². The van der Waals surface area contributed by atoms with Crippen LogP contribution in [0, 0.1) is 5.92 Å². The lowest BCUT2D eigenvalue weighted by atomic mass is 9.77. The number of methoxy groups -OCH3 is 1. The number of aliphatic hydroxyl groups is 1. The summed E-state index contributed by atoms with van der Waals surface area (Å²) in [5.41, 5.74) is 1.42. The van der Waals surface area contributed by atoms with Crippen LogP contribution in [0.15, 0.2) is 42.7 Å². The predicted molar refractivity (Wildman–Crippen MR) is 133 cm³/mol. The number of aromatic nitrogens is 2. The molecule has 0 aliphatic carbocycles. The van der Waals surface area contributed by atoms with Crippen molar-refractivity contribution < 1.29 is 28.8 Å². The number of imidazole rings is 1. The molecule has 36 heavy (non-hydrogen) atoms. The minimum Gasteiger partial charge on any atom is -0.496 e. The van der Waals surface area contributed by atoms with Crippen LogP contribution in [-0.2, 0) is 22.5 Å². The normalized spacial score (nSPS) is 22.1. The number of nitrogens with one attached hydrogen (secondary N) is 1. The molecule has 0 saturated carbocycles. The maximum Gasteiger partial charge on any atom is 0.374 e. The van der Waals surface area contributed by atoms with Gasteiger partial charge in [0.1, 0.15) is 29.0 Å². The van der Waals surface area contributed by atoms with Gasteiger partial charge >= 0.3 is 5.97 Å². The summed E-state index contributed by atoms with van der Waals surface area (Å²) in [6.45, 7) is 6.19. The van der Waals surface area contributed by atoms with Crippen molar-refractivity contribution in [2.45, 2.75) is 51.4 Å². The van der Waals surface area contributed by atoms with Crippen molar-refractivity contribution in [2.75, 3.05) is 26.8 Å². The minimum absolute atomic E-state index is 0.0967. The maximum atomic E-state index is 12.6. The SMILES string of the molecule is CCOC(=O)C1=CC(=CCn2ccnc2)c2c(cc3c(c2OC)CC(C(C)(O)C2CCNCC2)O3)O1. The molecule has 1 aromatic carbocycles. The zero-order valence-electron chi connectivity index (χ0n) is 21.0. The molecule has 192 valence electrons. The molecule has 2 atom stereocenters. The van der Waals surface area contributed by atoms with Crippen LogP contribution in [0.5, 0.6) is 17.2 Å². The molecule has 9 nitrogen and oxygen atoms in total. The van der Waals surface area contributed by atoms with Crippen LogP contribution in [0.4, 0.5) is 0 Å². The molecule has 5 rings (SSSR count). The van der Waals surface area contributed by atoms with E-state index in [1.807, 2.05) is 23.8 Å².